The quantitative estimate of drug-likeness (QED) is 0.664. The van der Waals surface area contributed by atoms with E-state index in [-0.39, 0.29) is 11.7 Å². The lowest BCUT2D eigenvalue weighted by molar-refractivity contribution is -0.126. The number of nitrogens with one attached hydrogen (secondary N) is 1. The third-order valence-electron chi connectivity index (χ3n) is 3.32. The van der Waals surface area contributed by atoms with E-state index in [0.29, 0.717) is 5.56 Å². The van der Waals surface area contributed by atoms with Crippen LogP contribution in [-0.2, 0) is 9.59 Å². The summed E-state index contributed by atoms with van der Waals surface area (Å²) in [6.45, 7) is 0. The van der Waals surface area contributed by atoms with Gasteiger partial charge < -0.3 is 11.1 Å². The third-order valence-corrected chi connectivity index (χ3v) is 5.50. The first kappa shape index (κ1) is 16.5. The number of amides is 2. The first-order valence-electron chi connectivity index (χ1n) is 7.25. The van der Waals surface area contributed by atoms with Gasteiger partial charge in [0.05, 0.1) is 16.0 Å². The Kier molecular flexibility index (Phi) is 5.12. The van der Waals surface area contributed by atoms with Crippen LogP contribution in [-0.4, -0.2) is 22.6 Å². The summed E-state index contributed by atoms with van der Waals surface area (Å²) < 4.78 is 1.90. The number of carbonyl (C=O) groups excluding carboxylic acids is 2. The van der Waals surface area contributed by atoms with Crippen LogP contribution in [0.25, 0.3) is 10.2 Å². The van der Waals surface area contributed by atoms with Gasteiger partial charge in [0.1, 0.15) is 6.04 Å². The largest absolute Gasteiger partial charge is 0.368 e. The molecule has 122 valence electrons. The van der Waals surface area contributed by atoms with Crippen LogP contribution in [0.2, 0.25) is 0 Å². The summed E-state index contributed by atoms with van der Waals surface area (Å²) in [5.41, 5.74) is 7.00. The van der Waals surface area contributed by atoms with Crippen LogP contribution in [0, 0.1) is 0 Å². The van der Waals surface area contributed by atoms with Crippen LogP contribution < -0.4 is 11.1 Å². The lowest BCUT2D eigenvalue weighted by atomic mass is 10.1. The Hall–Kier alpha value is -2.38. The average Bonchev–Trinajstić information content (AvgIpc) is 3.01. The van der Waals surface area contributed by atoms with Gasteiger partial charge in [-0.05, 0) is 17.7 Å². The molecule has 0 radical (unpaired) electrons. The van der Waals surface area contributed by atoms with Crippen LogP contribution in [0.4, 0.5) is 0 Å². The van der Waals surface area contributed by atoms with Crippen molar-refractivity contribution in [1.29, 1.82) is 0 Å². The van der Waals surface area contributed by atoms with Gasteiger partial charge in [0.15, 0.2) is 4.34 Å². The number of aromatic nitrogens is 1. The van der Waals surface area contributed by atoms with Crippen molar-refractivity contribution in [3.63, 3.8) is 0 Å². The fourth-order valence-electron chi connectivity index (χ4n) is 2.21. The van der Waals surface area contributed by atoms with Gasteiger partial charge in [-0.3, -0.25) is 9.59 Å². The fourth-order valence-corrected chi connectivity index (χ4v) is 4.09. The minimum atomic E-state index is -0.824. The van der Waals surface area contributed by atoms with Crippen LogP contribution in [0.1, 0.15) is 11.6 Å². The van der Waals surface area contributed by atoms with Gasteiger partial charge in [-0.25, -0.2) is 4.98 Å². The highest BCUT2D eigenvalue weighted by molar-refractivity contribution is 8.01. The highest BCUT2D eigenvalue weighted by atomic mass is 32.2. The van der Waals surface area contributed by atoms with Crippen molar-refractivity contribution in [3.8, 4) is 0 Å². The van der Waals surface area contributed by atoms with E-state index in [1.54, 1.807) is 35.6 Å². The third kappa shape index (κ3) is 3.93. The number of para-hydroxylation sites is 1. The van der Waals surface area contributed by atoms with Crippen molar-refractivity contribution in [1.82, 2.24) is 10.3 Å². The van der Waals surface area contributed by atoms with Crippen molar-refractivity contribution in [2.75, 3.05) is 5.75 Å². The molecule has 0 aliphatic heterocycles. The molecule has 1 atom stereocenters. The summed E-state index contributed by atoms with van der Waals surface area (Å²) in [6.07, 6.45) is 0. The van der Waals surface area contributed by atoms with E-state index in [9.17, 15) is 9.59 Å². The molecule has 3 rings (SSSR count). The van der Waals surface area contributed by atoms with Crippen LogP contribution in [0.3, 0.4) is 0 Å². The predicted octanol–water partition coefficient (Wildman–Crippen LogP) is 2.73. The number of thioether (sulfide) groups is 1. The maximum Gasteiger partial charge on any atom is 0.244 e. The Labute approximate surface area is 147 Å². The summed E-state index contributed by atoms with van der Waals surface area (Å²) in [4.78, 5) is 28.2. The zero-order valence-electron chi connectivity index (χ0n) is 12.6. The number of benzene rings is 2. The molecule has 0 saturated carbocycles. The summed E-state index contributed by atoms with van der Waals surface area (Å²) in [5, 5.41) is 2.68. The first-order chi connectivity index (χ1) is 11.6. The van der Waals surface area contributed by atoms with Crippen LogP contribution in [0.5, 0.6) is 0 Å². The summed E-state index contributed by atoms with van der Waals surface area (Å²) in [6, 6.07) is 16.0. The summed E-state index contributed by atoms with van der Waals surface area (Å²) in [7, 11) is 0. The normalized spacial score (nSPS) is 12.0. The van der Waals surface area contributed by atoms with E-state index >= 15 is 0 Å². The van der Waals surface area contributed by atoms with E-state index in [2.05, 4.69) is 10.3 Å². The number of fused-ring (bicyclic) bond motifs is 1. The van der Waals surface area contributed by atoms with E-state index < -0.39 is 11.9 Å². The van der Waals surface area contributed by atoms with E-state index in [0.717, 1.165) is 14.6 Å². The average molecular weight is 357 g/mol. The molecular formula is C17H15N3O2S2. The molecule has 24 heavy (non-hydrogen) atoms. The molecule has 5 nitrogen and oxygen atoms in total. The lowest BCUT2D eigenvalue weighted by Gasteiger charge is -2.15. The fraction of sp³-hybridized carbons (Fsp3) is 0.118. The molecule has 0 aliphatic carbocycles. The van der Waals surface area contributed by atoms with Gasteiger partial charge in [0.25, 0.3) is 0 Å². The molecule has 1 unspecified atom stereocenters. The van der Waals surface area contributed by atoms with Gasteiger partial charge in [0.2, 0.25) is 11.8 Å². The van der Waals surface area contributed by atoms with E-state index in [1.165, 1.54) is 11.8 Å². The maximum absolute atomic E-state index is 12.2. The molecule has 7 heteroatoms. The second kappa shape index (κ2) is 7.46. The number of hydrogen-bond acceptors (Lipinski definition) is 5. The first-order valence-corrected chi connectivity index (χ1v) is 9.05. The zero-order chi connectivity index (χ0) is 16.9. The molecule has 0 aliphatic rings. The predicted molar refractivity (Wildman–Crippen MR) is 96.9 cm³/mol. The number of carbonyl (C=O) groups is 2. The van der Waals surface area contributed by atoms with Crippen molar-refractivity contribution < 1.29 is 9.59 Å². The minimum Gasteiger partial charge on any atom is -0.368 e. The van der Waals surface area contributed by atoms with Gasteiger partial charge in [-0.2, -0.15) is 0 Å². The topological polar surface area (TPSA) is 85.1 Å². The van der Waals surface area contributed by atoms with Crippen molar-refractivity contribution >= 4 is 45.1 Å². The Morgan fingerprint density at radius 1 is 1.12 bits per heavy atom. The van der Waals surface area contributed by atoms with Gasteiger partial charge in [-0.15, -0.1) is 11.3 Å². The summed E-state index contributed by atoms with van der Waals surface area (Å²) in [5.74, 6) is -0.664. The molecule has 3 aromatic rings. The highest BCUT2D eigenvalue weighted by Crippen LogP contribution is 2.29. The van der Waals surface area contributed by atoms with E-state index in [4.69, 9.17) is 5.73 Å². The van der Waals surface area contributed by atoms with Crippen LogP contribution >= 0.6 is 23.1 Å². The molecule has 0 bridgehead atoms. The number of primary amides is 1. The smallest absolute Gasteiger partial charge is 0.244 e. The van der Waals surface area contributed by atoms with Crippen molar-refractivity contribution in [2.24, 2.45) is 5.73 Å². The number of thiazole rings is 1. The zero-order valence-corrected chi connectivity index (χ0v) is 14.3. The maximum atomic E-state index is 12.2. The number of hydrogen-bond donors (Lipinski definition) is 2. The second-order valence-electron chi connectivity index (χ2n) is 5.05. The van der Waals surface area contributed by atoms with Crippen molar-refractivity contribution in [2.45, 2.75) is 10.4 Å². The molecule has 1 heterocycles. The Morgan fingerprint density at radius 3 is 2.54 bits per heavy atom. The molecule has 0 saturated heterocycles. The SMILES string of the molecule is NC(=O)C(NC(=O)CSc1nc2ccccc2s1)c1ccccc1. The van der Waals surface area contributed by atoms with Gasteiger partial charge >= 0.3 is 0 Å². The lowest BCUT2D eigenvalue weighted by Crippen LogP contribution is -2.38. The molecule has 2 aromatic carbocycles. The standard InChI is InChI=1S/C17H15N3O2S2/c18-16(22)15(11-6-2-1-3-7-11)20-14(21)10-23-17-19-12-8-4-5-9-13(12)24-17/h1-9,15H,10H2,(H2,18,22)(H,20,21). The molecule has 0 spiro atoms. The molecule has 0 fully saturated rings. The number of nitrogens with two attached hydrogens (primary N) is 1. The van der Waals surface area contributed by atoms with Crippen LogP contribution in [0.15, 0.2) is 58.9 Å². The Bertz CT molecular complexity index is 831. The molecule has 3 N–H and O–H groups in total. The van der Waals surface area contributed by atoms with Gasteiger partial charge in [-0.1, -0.05) is 54.2 Å². The van der Waals surface area contributed by atoms with Crippen molar-refractivity contribution in [3.05, 3.63) is 60.2 Å². The number of nitrogens with zero attached hydrogens (tertiary/aromatic N) is 1. The molecule has 1 aromatic heterocycles. The number of rotatable bonds is 6. The molecule has 2 amide bonds. The Balaban J connectivity index is 1.62. The Morgan fingerprint density at radius 2 is 1.83 bits per heavy atom. The van der Waals surface area contributed by atoms with Gasteiger partial charge in [0, 0.05) is 0 Å². The second-order valence-corrected chi connectivity index (χ2v) is 7.30. The monoisotopic (exact) mass is 357 g/mol. The highest BCUT2D eigenvalue weighted by Gasteiger charge is 2.20. The van der Waals surface area contributed by atoms with E-state index in [1.807, 2.05) is 30.3 Å². The minimum absolute atomic E-state index is 0.177. The summed E-state index contributed by atoms with van der Waals surface area (Å²) >= 11 is 2.89. The molecular weight excluding hydrogens is 342 g/mol.